The van der Waals surface area contributed by atoms with E-state index in [0.717, 1.165) is 36.3 Å². The normalized spacial score (nSPS) is 16.2. The minimum Gasteiger partial charge on any atom is -0.493 e. The summed E-state index contributed by atoms with van der Waals surface area (Å²) in [5, 5.41) is 8.05. The third-order valence-electron chi connectivity index (χ3n) is 5.18. The number of likely N-dealkylation sites (tertiary alicyclic amines) is 1. The molecule has 0 N–H and O–H groups in total. The summed E-state index contributed by atoms with van der Waals surface area (Å²) in [7, 11) is 3.14. The quantitative estimate of drug-likeness (QED) is 0.623. The summed E-state index contributed by atoms with van der Waals surface area (Å²) < 4.78 is 21.5. The van der Waals surface area contributed by atoms with Crippen molar-refractivity contribution < 1.29 is 23.3 Å². The van der Waals surface area contributed by atoms with Crippen LogP contribution in [-0.2, 0) is 6.42 Å². The highest BCUT2D eigenvalue weighted by molar-refractivity contribution is 5.93. The van der Waals surface area contributed by atoms with E-state index in [1.807, 2.05) is 19.1 Å². The Hall–Kier alpha value is -3.29. The minimum atomic E-state index is -0.183. The molecule has 8 heteroatoms. The molecule has 0 radical (unpaired) electrons. The number of amides is 1. The van der Waals surface area contributed by atoms with Crippen LogP contribution in [0.5, 0.6) is 11.5 Å². The van der Waals surface area contributed by atoms with Gasteiger partial charge in [0.2, 0.25) is 0 Å². The number of hydrogen-bond donors (Lipinski definition) is 0. The second-order valence-corrected chi connectivity index (χ2v) is 6.88. The average molecular weight is 397 g/mol. The first-order valence-electron chi connectivity index (χ1n) is 9.60. The number of aromatic nitrogens is 2. The van der Waals surface area contributed by atoms with Crippen LogP contribution in [0.2, 0.25) is 0 Å². The van der Waals surface area contributed by atoms with Crippen LogP contribution in [0, 0.1) is 0 Å². The van der Waals surface area contributed by atoms with Crippen molar-refractivity contribution in [3.8, 4) is 22.8 Å². The second-order valence-electron chi connectivity index (χ2n) is 6.88. The molecule has 3 aromatic rings. The van der Waals surface area contributed by atoms with Crippen LogP contribution in [0.1, 0.15) is 47.7 Å². The van der Waals surface area contributed by atoms with E-state index >= 15 is 0 Å². The Morgan fingerprint density at radius 1 is 1.14 bits per heavy atom. The number of rotatable bonds is 6. The van der Waals surface area contributed by atoms with Crippen LogP contribution >= 0.6 is 0 Å². The molecule has 152 valence electrons. The van der Waals surface area contributed by atoms with Gasteiger partial charge in [-0.3, -0.25) is 4.79 Å². The van der Waals surface area contributed by atoms with Crippen LogP contribution in [0.3, 0.4) is 0 Å². The van der Waals surface area contributed by atoms with Crippen molar-refractivity contribution in [3.63, 3.8) is 0 Å². The van der Waals surface area contributed by atoms with Gasteiger partial charge in [0.05, 0.1) is 26.0 Å². The van der Waals surface area contributed by atoms with Crippen molar-refractivity contribution >= 4 is 5.91 Å². The van der Waals surface area contributed by atoms with Gasteiger partial charge in [0, 0.05) is 24.2 Å². The molecule has 0 saturated carbocycles. The third kappa shape index (κ3) is 3.57. The number of aryl methyl sites for hydroxylation is 1. The van der Waals surface area contributed by atoms with Gasteiger partial charge in [-0.1, -0.05) is 17.2 Å². The number of nitrogens with zero attached hydrogens (tertiary/aromatic N) is 3. The predicted molar refractivity (Wildman–Crippen MR) is 104 cm³/mol. The van der Waals surface area contributed by atoms with E-state index in [-0.39, 0.29) is 17.6 Å². The largest absolute Gasteiger partial charge is 0.493 e. The lowest BCUT2D eigenvalue weighted by molar-refractivity contribution is 0.0704. The van der Waals surface area contributed by atoms with Gasteiger partial charge in [0.15, 0.2) is 28.7 Å². The topological polar surface area (TPSA) is 90.8 Å². The van der Waals surface area contributed by atoms with Crippen LogP contribution in [-0.4, -0.2) is 41.9 Å². The van der Waals surface area contributed by atoms with Gasteiger partial charge in [0.1, 0.15) is 0 Å². The smallest absolute Gasteiger partial charge is 0.276 e. The molecule has 1 aromatic carbocycles. The maximum absolute atomic E-state index is 13.1. The van der Waals surface area contributed by atoms with Gasteiger partial charge in [-0.05, 0) is 37.5 Å². The molecule has 3 heterocycles. The fourth-order valence-electron chi connectivity index (χ4n) is 3.61. The van der Waals surface area contributed by atoms with Crippen molar-refractivity contribution in [3.05, 3.63) is 47.5 Å². The summed E-state index contributed by atoms with van der Waals surface area (Å²) in [5.74, 6) is 2.21. The second kappa shape index (κ2) is 7.98. The Morgan fingerprint density at radius 2 is 1.97 bits per heavy atom. The molecule has 0 spiro atoms. The first-order valence-corrected chi connectivity index (χ1v) is 9.60. The zero-order valence-electron chi connectivity index (χ0n) is 16.7. The predicted octanol–water partition coefficient (Wildman–Crippen LogP) is 3.89. The van der Waals surface area contributed by atoms with Crippen molar-refractivity contribution in [1.82, 2.24) is 15.2 Å². The molecule has 0 aliphatic carbocycles. The number of hydrogen-bond acceptors (Lipinski definition) is 7. The first-order chi connectivity index (χ1) is 14.1. The van der Waals surface area contributed by atoms with Crippen molar-refractivity contribution in [1.29, 1.82) is 0 Å². The van der Waals surface area contributed by atoms with Crippen LogP contribution in [0.25, 0.3) is 11.3 Å². The first kappa shape index (κ1) is 19.0. The lowest BCUT2D eigenvalue weighted by Gasteiger charge is -2.21. The zero-order valence-corrected chi connectivity index (χ0v) is 16.7. The molecule has 1 saturated heterocycles. The number of carbonyl (C=O) groups excluding carboxylic acids is 1. The van der Waals surface area contributed by atoms with Crippen molar-refractivity contribution in [2.24, 2.45) is 0 Å². The molecular formula is C21H23N3O5. The maximum Gasteiger partial charge on any atom is 0.276 e. The van der Waals surface area contributed by atoms with Crippen molar-refractivity contribution in [2.75, 3.05) is 20.8 Å². The average Bonchev–Trinajstić information content (AvgIpc) is 3.52. The number of carbonyl (C=O) groups is 1. The van der Waals surface area contributed by atoms with E-state index < -0.39 is 0 Å². The van der Waals surface area contributed by atoms with Gasteiger partial charge in [-0.15, -0.1) is 0 Å². The van der Waals surface area contributed by atoms with Crippen LogP contribution in [0.4, 0.5) is 0 Å². The van der Waals surface area contributed by atoms with Gasteiger partial charge in [-0.2, -0.15) is 0 Å². The molecule has 0 bridgehead atoms. The fraction of sp³-hybridized carbons (Fsp3) is 0.381. The standard InChI is InChI=1S/C21H23N3O5/c1-4-14-11-19(29-22-14)16-6-5-9-24(16)21(25)15-12-18(28-23-15)13-7-8-17(26-2)20(10-13)27-3/h7-8,10-12,16H,4-6,9H2,1-3H3/t16-/m0/s1. The maximum atomic E-state index is 13.1. The summed E-state index contributed by atoms with van der Waals surface area (Å²) in [6.45, 7) is 2.66. The summed E-state index contributed by atoms with van der Waals surface area (Å²) in [4.78, 5) is 14.8. The number of ether oxygens (including phenoxy) is 2. The molecule has 1 amide bonds. The Morgan fingerprint density at radius 3 is 2.69 bits per heavy atom. The van der Waals surface area contributed by atoms with Crippen LogP contribution in [0.15, 0.2) is 39.4 Å². The number of methoxy groups -OCH3 is 2. The molecule has 1 atom stereocenters. The summed E-state index contributed by atoms with van der Waals surface area (Å²) in [6.07, 6.45) is 2.53. The van der Waals surface area contributed by atoms with Gasteiger partial charge in [-0.25, -0.2) is 0 Å². The molecule has 1 aliphatic heterocycles. The Balaban J connectivity index is 1.56. The Kier molecular flexibility index (Phi) is 5.24. The van der Waals surface area contributed by atoms with Gasteiger partial charge in [0.25, 0.3) is 5.91 Å². The van der Waals surface area contributed by atoms with Gasteiger partial charge >= 0.3 is 0 Å². The number of benzene rings is 1. The van der Waals surface area contributed by atoms with Crippen LogP contribution < -0.4 is 9.47 Å². The molecular weight excluding hydrogens is 374 g/mol. The third-order valence-corrected chi connectivity index (χ3v) is 5.18. The highest BCUT2D eigenvalue weighted by Crippen LogP contribution is 2.35. The molecule has 0 unspecified atom stereocenters. The molecule has 2 aromatic heterocycles. The molecule has 8 nitrogen and oxygen atoms in total. The van der Waals surface area contributed by atoms with E-state index in [2.05, 4.69) is 10.3 Å². The summed E-state index contributed by atoms with van der Waals surface area (Å²) in [6, 6.07) is 8.84. The highest BCUT2D eigenvalue weighted by atomic mass is 16.5. The highest BCUT2D eigenvalue weighted by Gasteiger charge is 2.34. The van der Waals surface area contributed by atoms with Gasteiger partial charge < -0.3 is 23.4 Å². The SMILES string of the molecule is CCc1cc([C@@H]2CCCN2C(=O)c2cc(-c3ccc(OC)c(OC)c3)on2)on1. The van der Waals surface area contributed by atoms with E-state index in [0.29, 0.717) is 23.8 Å². The summed E-state index contributed by atoms with van der Waals surface area (Å²) in [5.41, 5.74) is 1.89. The van der Waals surface area contributed by atoms with E-state index in [1.54, 1.807) is 37.3 Å². The fourth-order valence-corrected chi connectivity index (χ4v) is 3.61. The molecule has 1 fully saturated rings. The molecule has 1 aliphatic rings. The van der Waals surface area contributed by atoms with Crippen molar-refractivity contribution in [2.45, 2.75) is 32.2 Å². The van der Waals surface area contributed by atoms with E-state index in [9.17, 15) is 4.79 Å². The Labute approximate surface area is 168 Å². The van der Waals surface area contributed by atoms with E-state index in [1.165, 1.54) is 0 Å². The molecule has 29 heavy (non-hydrogen) atoms. The lowest BCUT2D eigenvalue weighted by atomic mass is 10.1. The monoisotopic (exact) mass is 397 g/mol. The summed E-state index contributed by atoms with van der Waals surface area (Å²) >= 11 is 0. The zero-order chi connectivity index (χ0) is 20.4. The lowest BCUT2D eigenvalue weighted by Crippen LogP contribution is -2.30. The van der Waals surface area contributed by atoms with E-state index in [4.69, 9.17) is 18.5 Å². The Bertz CT molecular complexity index is 1010. The molecule has 4 rings (SSSR count). The minimum absolute atomic E-state index is 0.128.